The van der Waals surface area contributed by atoms with Gasteiger partial charge in [0.05, 0.1) is 6.61 Å². The molecular formula is C36H64O2. The second-order valence-corrected chi connectivity index (χ2v) is 10.8. The van der Waals surface area contributed by atoms with Crippen molar-refractivity contribution >= 4 is 5.97 Å². The van der Waals surface area contributed by atoms with Crippen LogP contribution < -0.4 is 0 Å². The van der Waals surface area contributed by atoms with Gasteiger partial charge in [0.2, 0.25) is 0 Å². The van der Waals surface area contributed by atoms with Crippen molar-refractivity contribution in [2.45, 2.75) is 168 Å². The van der Waals surface area contributed by atoms with E-state index in [1.165, 1.54) is 122 Å². The van der Waals surface area contributed by atoms with Gasteiger partial charge in [-0.25, -0.2) is 0 Å². The highest BCUT2D eigenvalue weighted by Gasteiger charge is 2.02. The molecule has 220 valence electrons. The summed E-state index contributed by atoms with van der Waals surface area (Å²) in [6.45, 7) is 5.11. The minimum absolute atomic E-state index is 0.00160. The molecule has 0 unspecified atom stereocenters. The fraction of sp³-hybridized carbons (Fsp3) is 0.750. The normalized spacial score (nSPS) is 12.2. The molecule has 0 aliphatic heterocycles. The lowest BCUT2D eigenvalue weighted by Crippen LogP contribution is -2.05. The summed E-state index contributed by atoms with van der Waals surface area (Å²) in [7, 11) is 0. The Balaban J connectivity index is 3.29. The molecule has 0 fully saturated rings. The van der Waals surface area contributed by atoms with Crippen molar-refractivity contribution in [3.63, 3.8) is 0 Å². The van der Waals surface area contributed by atoms with Gasteiger partial charge in [-0.1, -0.05) is 146 Å². The minimum atomic E-state index is -0.00160. The number of allylic oxidation sites excluding steroid dienone is 8. The van der Waals surface area contributed by atoms with Crippen LogP contribution in [0.3, 0.4) is 0 Å². The van der Waals surface area contributed by atoms with E-state index in [-0.39, 0.29) is 5.97 Å². The highest BCUT2D eigenvalue weighted by atomic mass is 16.5. The summed E-state index contributed by atoms with van der Waals surface area (Å²) in [5.41, 5.74) is 0. The van der Waals surface area contributed by atoms with Gasteiger partial charge in [0.1, 0.15) is 0 Å². The van der Waals surface area contributed by atoms with Crippen molar-refractivity contribution in [1.82, 2.24) is 0 Å². The predicted octanol–water partition coefficient (Wildman–Crippen LogP) is 12.2. The Morgan fingerprint density at radius 2 is 0.789 bits per heavy atom. The SMILES string of the molecule is CCCCC/C=C\C=C/CCCCCCCCCOC(=O)CCCCCCC/C=C\C=C/CCCCCC. The molecule has 0 spiro atoms. The highest BCUT2D eigenvalue weighted by Crippen LogP contribution is 2.11. The van der Waals surface area contributed by atoms with E-state index in [1.807, 2.05) is 0 Å². The number of carbonyl (C=O) groups is 1. The van der Waals surface area contributed by atoms with Crippen LogP contribution in [0.25, 0.3) is 0 Å². The molecule has 0 aromatic heterocycles. The first-order chi connectivity index (χ1) is 18.8. The molecule has 0 rings (SSSR count). The number of ether oxygens (including phenoxy) is 1. The summed E-state index contributed by atoms with van der Waals surface area (Å²) in [6.07, 6.45) is 47.3. The zero-order valence-electron chi connectivity index (χ0n) is 25.6. The largest absolute Gasteiger partial charge is 0.466 e. The first kappa shape index (κ1) is 36.4. The Morgan fingerprint density at radius 3 is 1.26 bits per heavy atom. The maximum absolute atomic E-state index is 11.9. The number of hydrogen-bond acceptors (Lipinski definition) is 2. The van der Waals surface area contributed by atoms with E-state index in [0.29, 0.717) is 13.0 Å². The summed E-state index contributed by atoms with van der Waals surface area (Å²) < 4.78 is 5.41. The molecule has 38 heavy (non-hydrogen) atoms. The van der Waals surface area contributed by atoms with E-state index in [0.717, 1.165) is 25.7 Å². The molecule has 0 amide bonds. The molecule has 0 saturated carbocycles. The summed E-state index contributed by atoms with van der Waals surface area (Å²) in [6, 6.07) is 0. The fourth-order valence-electron chi connectivity index (χ4n) is 4.47. The number of hydrogen-bond donors (Lipinski definition) is 0. The van der Waals surface area contributed by atoms with E-state index >= 15 is 0 Å². The average molecular weight is 529 g/mol. The van der Waals surface area contributed by atoms with Gasteiger partial charge < -0.3 is 4.74 Å². The minimum Gasteiger partial charge on any atom is -0.466 e. The second-order valence-electron chi connectivity index (χ2n) is 10.8. The zero-order valence-corrected chi connectivity index (χ0v) is 25.6. The molecule has 0 aliphatic rings. The highest BCUT2D eigenvalue weighted by molar-refractivity contribution is 5.69. The number of rotatable bonds is 29. The third kappa shape index (κ3) is 32.5. The fourth-order valence-corrected chi connectivity index (χ4v) is 4.47. The Labute approximate surface area is 238 Å². The smallest absolute Gasteiger partial charge is 0.305 e. The molecule has 0 aromatic rings. The number of esters is 1. The lowest BCUT2D eigenvalue weighted by atomic mass is 10.1. The van der Waals surface area contributed by atoms with Gasteiger partial charge in [-0.3, -0.25) is 4.79 Å². The van der Waals surface area contributed by atoms with Crippen LogP contribution in [0.15, 0.2) is 48.6 Å². The van der Waals surface area contributed by atoms with Crippen LogP contribution in [0.4, 0.5) is 0 Å². The third-order valence-electron chi connectivity index (χ3n) is 7.00. The Bertz CT molecular complexity index is 584. The van der Waals surface area contributed by atoms with Gasteiger partial charge >= 0.3 is 5.97 Å². The molecule has 0 aromatic carbocycles. The molecule has 2 heteroatoms. The number of carbonyl (C=O) groups excluding carboxylic acids is 1. The van der Waals surface area contributed by atoms with Crippen LogP contribution in [0.5, 0.6) is 0 Å². The molecule has 0 aliphatic carbocycles. The molecule has 2 nitrogen and oxygen atoms in total. The van der Waals surface area contributed by atoms with Crippen LogP contribution >= 0.6 is 0 Å². The maximum atomic E-state index is 11.9. The van der Waals surface area contributed by atoms with Crippen molar-refractivity contribution in [3.8, 4) is 0 Å². The van der Waals surface area contributed by atoms with Crippen molar-refractivity contribution in [1.29, 1.82) is 0 Å². The van der Waals surface area contributed by atoms with Crippen molar-refractivity contribution in [3.05, 3.63) is 48.6 Å². The van der Waals surface area contributed by atoms with E-state index < -0.39 is 0 Å². The average Bonchev–Trinajstić information content (AvgIpc) is 2.92. The van der Waals surface area contributed by atoms with Crippen molar-refractivity contribution in [2.24, 2.45) is 0 Å². The molecule has 0 N–H and O–H groups in total. The second kappa shape index (κ2) is 33.5. The standard InChI is InChI=1S/C36H64O2/c1-3-5-7-9-11-13-15-17-19-21-23-25-27-29-31-33-35-38-36(37)34-32-30-28-26-24-22-20-18-16-14-12-10-8-6-4-2/h11,13-18,20H,3-10,12,19,21-35H2,1-2H3/b13-11-,16-14-,17-15-,20-18-. The molecule has 0 saturated heterocycles. The summed E-state index contributed by atoms with van der Waals surface area (Å²) in [5.74, 6) is -0.00160. The van der Waals surface area contributed by atoms with Crippen LogP contribution in [0.2, 0.25) is 0 Å². The Kier molecular flexibility index (Phi) is 32.1. The monoisotopic (exact) mass is 528 g/mol. The third-order valence-corrected chi connectivity index (χ3v) is 7.00. The summed E-state index contributed by atoms with van der Waals surface area (Å²) in [4.78, 5) is 11.9. The first-order valence-electron chi connectivity index (χ1n) is 16.6. The molecule has 0 atom stereocenters. The molecular weight excluding hydrogens is 464 g/mol. The van der Waals surface area contributed by atoms with Crippen LogP contribution in [0, 0.1) is 0 Å². The maximum Gasteiger partial charge on any atom is 0.305 e. The number of unbranched alkanes of at least 4 members (excludes halogenated alkanes) is 19. The topological polar surface area (TPSA) is 26.3 Å². The van der Waals surface area contributed by atoms with Crippen molar-refractivity contribution in [2.75, 3.05) is 6.61 Å². The lowest BCUT2D eigenvalue weighted by Gasteiger charge is -2.05. The van der Waals surface area contributed by atoms with E-state index in [2.05, 4.69) is 62.5 Å². The molecule has 0 radical (unpaired) electrons. The quantitative estimate of drug-likeness (QED) is 0.0548. The van der Waals surface area contributed by atoms with Gasteiger partial charge in [0, 0.05) is 6.42 Å². The van der Waals surface area contributed by atoms with Gasteiger partial charge in [0.25, 0.3) is 0 Å². The van der Waals surface area contributed by atoms with Crippen LogP contribution in [-0.2, 0) is 9.53 Å². The molecule has 0 bridgehead atoms. The van der Waals surface area contributed by atoms with Gasteiger partial charge in [-0.2, -0.15) is 0 Å². The molecule has 0 heterocycles. The first-order valence-corrected chi connectivity index (χ1v) is 16.6. The summed E-state index contributed by atoms with van der Waals surface area (Å²) in [5, 5.41) is 0. The van der Waals surface area contributed by atoms with E-state index in [1.54, 1.807) is 0 Å². The summed E-state index contributed by atoms with van der Waals surface area (Å²) >= 11 is 0. The van der Waals surface area contributed by atoms with Gasteiger partial charge in [-0.05, 0) is 64.2 Å². The van der Waals surface area contributed by atoms with E-state index in [4.69, 9.17) is 4.74 Å². The Morgan fingerprint density at radius 1 is 0.447 bits per heavy atom. The zero-order chi connectivity index (χ0) is 27.6. The lowest BCUT2D eigenvalue weighted by molar-refractivity contribution is -0.143. The van der Waals surface area contributed by atoms with E-state index in [9.17, 15) is 4.79 Å². The van der Waals surface area contributed by atoms with Gasteiger partial charge in [0.15, 0.2) is 0 Å². The van der Waals surface area contributed by atoms with Crippen LogP contribution in [0.1, 0.15) is 168 Å². The Hall–Kier alpha value is -1.57. The van der Waals surface area contributed by atoms with Gasteiger partial charge in [-0.15, -0.1) is 0 Å². The van der Waals surface area contributed by atoms with Crippen molar-refractivity contribution < 1.29 is 9.53 Å². The van der Waals surface area contributed by atoms with Crippen LogP contribution in [-0.4, -0.2) is 12.6 Å². The predicted molar refractivity (Wildman–Crippen MR) is 170 cm³/mol.